The fourth-order valence-electron chi connectivity index (χ4n) is 5.12. The lowest BCUT2D eigenvalue weighted by molar-refractivity contribution is -0.141. The van der Waals surface area contributed by atoms with Crippen LogP contribution in [0.25, 0.3) is 0 Å². The van der Waals surface area contributed by atoms with Gasteiger partial charge in [-0.3, -0.25) is 9.59 Å². The maximum atomic E-state index is 14.0. The molecule has 38 heavy (non-hydrogen) atoms. The van der Waals surface area contributed by atoms with Gasteiger partial charge in [-0.15, -0.1) is 0 Å². The Balaban J connectivity index is 1.68. The van der Waals surface area contributed by atoms with Crippen molar-refractivity contribution in [3.63, 3.8) is 0 Å². The lowest BCUT2D eigenvalue weighted by Crippen LogP contribution is -2.53. The van der Waals surface area contributed by atoms with Crippen molar-refractivity contribution in [2.75, 3.05) is 0 Å². The van der Waals surface area contributed by atoms with Gasteiger partial charge < -0.3 is 10.2 Å². The summed E-state index contributed by atoms with van der Waals surface area (Å²) in [5.41, 5.74) is 5.00. The Morgan fingerprint density at radius 1 is 0.895 bits per heavy atom. The van der Waals surface area contributed by atoms with Crippen molar-refractivity contribution < 1.29 is 9.59 Å². The first-order valence-electron chi connectivity index (χ1n) is 13.4. The summed E-state index contributed by atoms with van der Waals surface area (Å²) < 4.78 is 0. The van der Waals surface area contributed by atoms with Crippen LogP contribution in [0.1, 0.15) is 59.9 Å². The molecule has 1 atom stereocenters. The van der Waals surface area contributed by atoms with Crippen LogP contribution in [-0.4, -0.2) is 28.8 Å². The first-order valence-corrected chi connectivity index (χ1v) is 14.2. The van der Waals surface area contributed by atoms with Gasteiger partial charge in [-0.1, -0.05) is 97.1 Å². The molecule has 3 aromatic rings. The Morgan fingerprint density at radius 2 is 1.63 bits per heavy atom. The van der Waals surface area contributed by atoms with E-state index in [1.165, 1.54) is 12.0 Å². The normalized spacial score (nSPS) is 14.6. The van der Waals surface area contributed by atoms with Gasteiger partial charge in [-0.25, -0.2) is 0 Å². The second-order valence-electron chi connectivity index (χ2n) is 10.4. The number of hydrogen-bond acceptors (Lipinski definition) is 2. The number of amides is 2. The van der Waals surface area contributed by atoms with Crippen molar-refractivity contribution >= 4 is 35.0 Å². The molecule has 0 aromatic heterocycles. The van der Waals surface area contributed by atoms with Crippen LogP contribution in [-0.2, 0) is 29.0 Å². The highest BCUT2D eigenvalue weighted by Gasteiger charge is 2.32. The van der Waals surface area contributed by atoms with Gasteiger partial charge in [0.2, 0.25) is 11.8 Å². The first kappa shape index (κ1) is 28.2. The molecule has 2 amide bonds. The Labute approximate surface area is 236 Å². The Hall–Kier alpha value is -2.82. The molecule has 6 heteroatoms. The number of nitrogens with zero attached hydrogens (tertiary/aromatic N) is 1. The molecular formula is C32H36Cl2N2O2. The maximum absolute atomic E-state index is 14.0. The molecule has 1 aliphatic rings. The van der Waals surface area contributed by atoms with E-state index in [-0.39, 0.29) is 30.8 Å². The van der Waals surface area contributed by atoms with E-state index in [0.29, 0.717) is 16.5 Å². The summed E-state index contributed by atoms with van der Waals surface area (Å²) in [6.45, 7) is 4.32. The van der Waals surface area contributed by atoms with Crippen molar-refractivity contribution in [1.29, 1.82) is 0 Å². The van der Waals surface area contributed by atoms with Crippen LogP contribution in [0.15, 0.2) is 66.7 Å². The van der Waals surface area contributed by atoms with Crippen molar-refractivity contribution in [3.8, 4) is 0 Å². The lowest BCUT2D eigenvalue weighted by atomic mass is 9.94. The lowest BCUT2D eigenvalue weighted by Gasteiger charge is -2.34. The predicted molar refractivity (Wildman–Crippen MR) is 156 cm³/mol. The second kappa shape index (κ2) is 13.3. The largest absolute Gasteiger partial charge is 0.352 e. The topological polar surface area (TPSA) is 49.4 Å². The molecular weight excluding hydrogens is 515 g/mol. The van der Waals surface area contributed by atoms with Crippen LogP contribution in [0.3, 0.4) is 0 Å². The van der Waals surface area contributed by atoms with Gasteiger partial charge in [-0.05, 0) is 66.6 Å². The van der Waals surface area contributed by atoms with Crippen LogP contribution < -0.4 is 5.32 Å². The van der Waals surface area contributed by atoms with Crippen LogP contribution >= 0.6 is 23.2 Å². The Kier molecular flexibility index (Phi) is 9.87. The summed E-state index contributed by atoms with van der Waals surface area (Å²) in [4.78, 5) is 29.6. The molecule has 0 unspecified atom stereocenters. The molecule has 0 bridgehead atoms. The predicted octanol–water partition coefficient (Wildman–Crippen LogP) is 7.24. The van der Waals surface area contributed by atoms with Crippen LogP contribution in [0.5, 0.6) is 0 Å². The SMILES string of the molecule is Cc1ccc(CC(=O)N(Cc2ccc(Cl)cc2Cl)[C@@H](Cc2ccccc2)C(=O)NC2CCCCC2)cc1C. The van der Waals surface area contributed by atoms with Crippen LogP contribution in [0.4, 0.5) is 0 Å². The number of benzene rings is 3. The van der Waals surface area contributed by atoms with E-state index in [2.05, 4.69) is 18.3 Å². The highest BCUT2D eigenvalue weighted by atomic mass is 35.5. The van der Waals surface area contributed by atoms with Gasteiger partial charge in [0.15, 0.2) is 0 Å². The standard InChI is InChI=1S/C32H36Cl2N2O2/c1-22-13-14-25(17-23(22)2)19-31(37)36(21-26-15-16-27(33)20-29(26)34)30(18-24-9-5-3-6-10-24)32(38)35-28-11-7-4-8-12-28/h3,5-6,9-10,13-17,20,28,30H,4,7-8,11-12,18-19,21H2,1-2H3,(H,35,38)/t30-/m0/s1. The third-order valence-corrected chi connectivity index (χ3v) is 8.09. The van der Waals surface area contributed by atoms with Crippen molar-refractivity contribution in [1.82, 2.24) is 10.2 Å². The molecule has 1 saturated carbocycles. The van der Waals surface area contributed by atoms with E-state index in [4.69, 9.17) is 23.2 Å². The monoisotopic (exact) mass is 550 g/mol. The van der Waals surface area contributed by atoms with Crippen molar-refractivity contribution in [3.05, 3.63) is 105 Å². The van der Waals surface area contributed by atoms with E-state index < -0.39 is 6.04 Å². The first-order chi connectivity index (χ1) is 18.3. The number of carbonyl (C=O) groups is 2. The zero-order chi connectivity index (χ0) is 27.1. The average molecular weight is 552 g/mol. The van der Waals surface area contributed by atoms with E-state index in [1.807, 2.05) is 55.5 Å². The zero-order valence-corrected chi connectivity index (χ0v) is 23.7. The molecule has 0 radical (unpaired) electrons. The van der Waals surface area contributed by atoms with Gasteiger partial charge >= 0.3 is 0 Å². The molecule has 200 valence electrons. The van der Waals surface area contributed by atoms with E-state index in [9.17, 15) is 9.59 Å². The van der Waals surface area contributed by atoms with E-state index in [0.717, 1.165) is 47.9 Å². The molecule has 1 aliphatic carbocycles. The summed E-state index contributed by atoms with van der Waals surface area (Å²) in [5.74, 6) is -0.224. The number of nitrogens with one attached hydrogen (secondary N) is 1. The molecule has 0 saturated heterocycles. The number of halogens is 2. The minimum absolute atomic E-state index is 0.112. The molecule has 1 N–H and O–H groups in total. The highest BCUT2D eigenvalue weighted by molar-refractivity contribution is 6.35. The van der Waals surface area contributed by atoms with E-state index >= 15 is 0 Å². The molecule has 0 aliphatic heterocycles. The molecule has 4 rings (SSSR count). The highest BCUT2D eigenvalue weighted by Crippen LogP contribution is 2.25. The fraction of sp³-hybridized carbons (Fsp3) is 0.375. The van der Waals surface area contributed by atoms with Crippen molar-refractivity contribution in [2.24, 2.45) is 0 Å². The Morgan fingerprint density at radius 3 is 2.32 bits per heavy atom. The summed E-state index contributed by atoms with van der Waals surface area (Å²) in [5, 5.41) is 4.29. The quantitative estimate of drug-likeness (QED) is 0.305. The van der Waals surface area contributed by atoms with Gasteiger partial charge in [-0.2, -0.15) is 0 Å². The summed E-state index contributed by atoms with van der Waals surface area (Å²) in [6, 6.07) is 20.7. The van der Waals surface area contributed by atoms with Crippen molar-refractivity contribution in [2.45, 2.75) is 77.4 Å². The molecule has 0 heterocycles. The Bertz CT molecular complexity index is 1260. The maximum Gasteiger partial charge on any atom is 0.243 e. The molecule has 1 fully saturated rings. The third kappa shape index (κ3) is 7.61. The molecule has 0 spiro atoms. The van der Waals surface area contributed by atoms with Gasteiger partial charge in [0.1, 0.15) is 6.04 Å². The zero-order valence-electron chi connectivity index (χ0n) is 22.2. The minimum atomic E-state index is -0.676. The van der Waals surface area contributed by atoms with Crippen LogP contribution in [0, 0.1) is 13.8 Å². The number of carbonyl (C=O) groups excluding carboxylic acids is 2. The molecule has 3 aromatic carbocycles. The van der Waals surface area contributed by atoms with Gasteiger partial charge in [0, 0.05) is 29.1 Å². The number of hydrogen-bond donors (Lipinski definition) is 1. The van der Waals surface area contributed by atoms with E-state index in [1.54, 1.807) is 17.0 Å². The summed E-state index contributed by atoms with van der Waals surface area (Å²) >= 11 is 12.7. The second-order valence-corrected chi connectivity index (χ2v) is 11.2. The third-order valence-electron chi connectivity index (χ3n) is 7.51. The summed E-state index contributed by atoms with van der Waals surface area (Å²) in [7, 11) is 0. The summed E-state index contributed by atoms with van der Waals surface area (Å²) in [6.07, 6.45) is 6.01. The minimum Gasteiger partial charge on any atom is -0.352 e. The number of rotatable bonds is 9. The van der Waals surface area contributed by atoms with Gasteiger partial charge in [0.05, 0.1) is 6.42 Å². The van der Waals surface area contributed by atoms with Crippen LogP contribution in [0.2, 0.25) is 10.0 Å². The smallest absolute Gasteiger partial charge is 0.243 e. The van der Waals surface area contributed by atoms with Gasteiger partial charge in [0.25, 0.3) is 0 Å². The number of aryl methyl sites for hydroxylation is 2. The molecule has 4 nitrogen and oxygen atoms in total. The average Bonchev–Trinajstić information content (AvgIpc) is 2.90. The fourth-order valence-corrected chi connectivity index (χ4v) is 5.59.